The van der Waals surface area contributed by atoms with Crippen LogP contribution in [0.25, 0.3) is 0 Å². The van der Waals surface area contributed by atoms with E-state index >= 15 is 0 Å². The van der Waals surface area contributed by atoms with Gasteiger partial charge >= 0.3 is 12.1 Å². The maximum absolute atomic E-state index is 12.3. The lowest BCUT2D eigenvalue weighted by Crippen LogP contribution is -2.50. The molecule has 1 saturated heterocycles. The fourth-order valence-corrected chi connectivity index (χ4v) is 2.04. The van der Waals surface area contributed by atoms with E-state index in [1.165, 1.54) is 0 Å². The predicted molar refractivity (Wildman–Crippen MR) is 54.0 cm³/mol. The molecule has 0 aromatic carbocycles. The van der Waals surface area contributed by atoms with E-state index < -0.39 is 12.1 Å². The van der Waals surface area contributed by atoms with E-state index in [2.05, 4.69) is 5.32 Å². The number of hydrogen-bond acceptors (Lipinski definition) is 2. The van der Waals surface area contributed by atoms with Crippen molar-refractivity contribution >= 4 is 5.91 Å². The predicted octanol–water partition coefficient (Wildman–Crippen LogP) is 1.54. The molecule has 0 aromatic rings. The highest BCUT2D eigenvalue weighted by Crippen LogP contribution is 2.26. The minimum atomic E-state index is -4.74. The summed E-state index contributed by atoms with van der Waals surface area (Å²) < 4.78 is 37.0. The molecule has 1 aliphatic heterocycles. The van der Waals surface area contributed by atoms with E-state index in [-0.39, 0.29) is 12.6 Å². The summed E-state index contributed by atoms with van der Waals surface area (Å²) in [5, 5.41) is 2.89. The Morgan fingerprint density at radius 2 is 2.12 bits per heavy atom. The summed E-state index contributed by atoms with van der Waals surface area (Å²) in [7, 11) is 1.75. The van der Waals surface area contributed by atoms with Gasteiger partial charge in [0.15, 0.2) is 0 Å². The van der Waals surface area contributed by atoms with E-state index in [1.807, 2.05) is 0 Å². The number of halogens is 3. The molecule has 0 aromatic heterocycles. The molecule has 1 unspecified atom stereocenters. The maximum Gasteiger partial charge on any atom is 0.471 e. The van der Waals surface area contributed by atoms with E-state index in [9.17, 15) is 18.0 Å². The molecule has 0 aliphatic carbocycles. The highest BCUT2D eigenvalue weighted by molar-refractivity contribution is 5.82. The number of rotatable bonds is 3. The van der Waals surface area contributed by atoms with Crippen LogP contribution >= 0.6 is 0 Å². The van der Waals surface area contributed by atoms with Gasteiger partial charge in [0.05, 0.1) is 0 Å². The Bertz CT molecular complexity index is 243. The average molecular weight is 238 g/mol. The van der Waals surface area contributed by atoms with Gasteiger partial charge in [-0.2, -0.15) is 13.2 Å². The van der Waals surface area contributed by atoms with Crippen molar-refractivity contribution < 1.29 is 18.0 Å². The van der Waals surface area contributed by atoms with Gasteiger partial charge in [-0.3, -0.25) is 4.79 Å². The number of carbonyl (C=O) groups excluding carboxylic acids is 1. The van der Waals surface area contributed by atoms with Crippen molar-refractivity contribution in [3.8, 4) is 0 Å². The van der Waals surface area contributed by atoms with Crippen LogP contribution in [0.4, 0.5) is 13.2 Å². The van der Waals surface area contributed by atoms with Gasteiger partial charge in [0.2, 0.25) is 0 Å². The minimum absolute atomic E-state index is 0.229. The molecule has 16 heavy (non-hydrogen) atoms. The maximum atomic E-state index is 12.3. The molecule has 1 heterocycles. The van der Waals surface area contributed by atoms with Crippen molar-refractivity contribution in [2.24, 2.45) is 0 Å². The van der Waals surface area contributed by atoms with Crippen LogP contribution in [-0.4, -0.2) is 43.2 Å². The number of amides is 1. The van der Waals surface area contributed by atoms with Crippen molar-refractivity contribution in [1.82, 2.24) is 10.2 Å². The molecule has 1 N–H and O–H groups in total. The van der Waals surface area contributed by atoms with E-state index in [4.69, 9.17) is 0 Å². The van der Waals surface area contributed by atoms with Crippen LogP contribution in [0.5, 0.6) is 0 Å². The Morgan fingerprint density at radius 1 is 1.44 bits per heavy atom. The molecular weight excluding hydrogens is 221 g/mol. The summed E-state index contributed by atoms with van der Waals surface area (Å²) >= 11 is 0. The third kappa shape index (κ3) is 3.37. The zero-order valence-electron chi connectivity index (χ0n) is 9.31. The third-order valence-corrected chi connectivity index (χ3v) is 2.86. The summed E-state index contributed by atoms with van der Waals surface area (Å²) in [5.74, 6) is -1.69. The molecule has 0 bridgehead atoms. The van der Waals surface area contributed by atoms with Gasteiger partial charge in [-0.25, -0.2) is 0 Å². The summed E-state index contributed by atoms with van der Waals surface area (Å²) in [5.41, 5.74) is 0. The van der Waals surface area contributed by atoms with Gasteiger partial charge in [-0.15, -0.1) is 0 Å². The highest BCUT2D eigenvalue weighted by atomic mass is 19.4. The molecule has 1 aliphatic rings. The SMILES string of the molecule is CNCCC1CCCCN1C(=O)C(F)(F)F. The summed E-state index contributed by atoms with van der Waals surface area (Å²) in [6.45, 7) is 0.860. The summed E-state index contributed by atoms with van der Waals surface area (Å²) in [4.78, 5) is 12.2. The van der Waals surface area contributed by atoms with Crippen molar-refractivity contribution in [3.05, 3.63) is 0 Å². The molecule has 1 atom stereocenters. The highest BCUT2D eigenvalue weighted by Gasteiger charge is 2.44. The second-order valence-electron chi connectivity index (χ2n) is 4.04. The lowest BCUT2D eigenvalue weighted by atomic mass is 9.99. The van der Waals surface area contributed by atoms with Crippen LogP contribution in [0, 0.1) is 0 Å². The zero-order valence-corrected chi connectivity index (χ0v) is 9.31. The van der Waals surface area contributed by atoms with Gasteiger partial charge in [-0.05, 0) is 39.3 Å². The van der Waals surface area contributed by atoms with Gasteiger partial charge < -0.3 is 10.2 Å². The molecule has 1 fully saturated rings. The smallest absolute Gasteiger partial charge is 0.332 e. The number of nitrogens with one attached hydrogen (secondary N) is 1. The molecule has 1 rings (SSSR count). The Labute approximate surface area is 93.0 Å². The Hall–Kier alpha value is -0.780. The van der Waals surface area contributed by atoms with Crippen molar-refractivity contribution in [3.63, 3.8) is 0 Å². The molecule has 0 spiro atoms. The first-order chi connectivity index (χ1) is 7.46. The second kappa shape index (κ2) is 5.52. The number of alkyl halides is 3. The van der Waals surface area contributed by atoms with Crippen LogP contribution in [-0.2, 0) is 4.79 Å². The van der Waals surface area contributed by atoms with Crippen molar-refractivity contribution in [2.75, 3.05) is 20.1 Å². The third-order valence-electron chi connectivity index (χ3n) is 2.86. The first-order valence-corrected chi connectivity index (χ1v) is 5.49. The quantitative estimate of drug-likeness (QED) is 0.809. The first kappa shape index (κ1) is 13.3. The average Bonchev–Trinajstić information content (AvgIpc) is 2.24. The molecular formula is C10H17F3N2O. The topological polar surface area (TPSA) is 32.3 Å². The number of piperidine rings is 1. The van der Waals surface area contributed by atoms with Crippen LogP contribution < -0.4 is 5.32 Å². The molecule has 3 nitrogen and oxygen atoms in total. The van der Waals surface area contributed by atoms with Crippen LogP contribution in [0.15, 0.2) is 0 Å². The molecule has 6 heteroatoms. The molecule has 1 amide bonds. The molecule has 0 radical (unpaired) electrons. The van der Waals surface area contributed by atoms with Gasteiger partial charge in [0.25, 0.3) is 0 Å². The van der Waals surface area contributed by atoms with Gasteiger partial charge in [0, 0.05) is 12.6 Å². The number of hydrogen-bond donors (Lipinski definition) is 1. The lowest BCUT2D eigenvalue weighted by molar-refractivity contribution is -0.189. The summed E-state index contributed by atoms with van der Waals surface area (Å²) in [6.07, 6.45) is -1.93. The Morgan fingerprint density at radius 3 is 2.69 bits per heavy atom. The van der Waals surface area contributed by atoms with Gasteiger partial charge in [0.1, 0.15) is 0 Å². The molecule has 94 valence electrons. The largest absolute Gasteiger partial charge is 0.471 e. The number of likely N-dealkylation sites (tertiary alicyclic amines) is 1. The Kier molecular flexibility index (Phi) is 4.58. The second-order valence-corrected chi connectivity index (χ2v) is 4.04. The molecule has 0 saturated carbocycles. The minimum Gasteiger partial charge on any atom is -0.332 e. The Balaban J connectivity index is 2.63. The van der Waals surface area contributed by atoms with E-state index in [1.54, 1.807) is 7.05 Å². The van der Waals surface area contributed by atoms with Crippen LogP contribution in [0.1, 0.15) is 25.7 Å². The van der Waals surface area contributed by atoms with Crippen LogP contribution in [0.3, 0.4) is 0 Å². The van der Waals surface area contributed by atoms with Crippen LogP contribution in [0.2, 0.25) is 0 Å². The number of carbonyl (C=O) groups is 1. The standard InChI is InChI=1S/C10H17F3N2O/c1-14-6-5-8-4-2-3-7-15(8)9(16)10(11,12)13/h8,14H,2-7H2,1H3. The zero-order chi connectivity index (χ0) is 12.2. The van der Waals surface area contributed by atoms with Crippen molar-refractivity contribution in [1.29, 1.82) is 0 Å². The fraction of sp³-hybridized carbons (Fsp3) is 0.900. The normalized spacial score (nSPS) is 22.2. The monoisotopic (exact) mass is 238 g/mol. The summed E-state index contributed by atoms with van der Waals surface area (Å²) in [6, 6.07) is -0.268. The van der Waals surface area contributed by atoms with E-state index in [0.29, 0.717) is 25.8 Å². The van der Waals surface area contributed by atoms with E-state index in [0.717, 1.165) is 11.3 Å². The first-order valence-electron chi connectivity index (χ1n) is 5.49. The fourth-order valence-electron chi connectivity index (χ4n) is 2.04. The lowest BCUT2D eigenvalue weighted by Gasteiger charge is -2.36. The van der Waals surface area contributed by atoms with Crippen molar-refractivity contribution in [2.45, 2.75) is 37.9 Å². The number of nitrogens with zero attached hydrogens (tertiary/aromatic N) is 1. The van der Waals surface area contributed by atoms with Gasteiger partial charge in [-0.1, -0.05) is 0 Å².